The van der Waals surface area contributed by atoms with E-state index in [0.29, 0.717) is 23.3 Å². The van der Waals surface area contributed by atoms with E-state index in [-0.39, 0.29) is 11.7 Å². The first-order valence-corrected chi connectivity index (χ1v) is 13.5. The Morgan fingerprint density at radius 3 is 1.83 bits per heavy atom. The van der Waals surface area contributed by atoms with Crippen molar-refractivity contribution in [2.24, 2.45) is 17.8 Å². The SMILES string of the molecule is CC1CCC(c2ccc(C3=CCC(C4CCC(c5cc(F)c(F)c(F)c5)CC4)CC3)c(F)c2)CC1. The van der Waals surface area contributed by atoms with E-state index < -0.39 is 17.5 Å². The van der Waals surface area contributed by atoms with Gasteiger partial charge in [-0.25, -0.2) is 17.6 Å². The Morgan fingerprint density at radius 1 is 0.629 bits per heavy atom. The monoisotopic (exact) mass is 484 g/mol. The Labute approximate surface area is 206 Å². The van der Waals surface area contributed by atoms with Crippen molar-refractivity contribution >= 4 is 5.57 Å². The van der Waals surface area contributed by atoms with E-state index in [1.54, 1.807) is 6.07 Å². The highest BCUT2D eigenvalue weighted by molar-refractivity contribution is 5.67. The summed E-state index contributed by atoms with van der Waals surface area (Å²) in [6.07, 6.45) is 13.7. The van der Waals surface area contributed by atoms with Gasteiger partial charge in [0, 0.05) is 5.56 Å². The summed E-state index contributed by atoms with van der Waals surface area (Å²) >= 11 is 0. The van der Waals surface area contributed by atoms with Crippen molar-refractivity contribution in [3.63, 3.8) is 0 Å². The molecule has 2 fully saturated rings. The van der Waals surface area contributed by atoms with Crippen LogP contribution in [0.25, 0.3) is 5.57 Å². The van der Waals surface area contributed by atoms with E-state index in [9.17, 15) is 13.2 Å². The van der Waals surface area contributed by atoms with Gasteiger partial charge in [-0.15, -0.1) is 0 Å². The van der Waals surface area contributed by atoms with Crippen molar-refractivity contribution in [2.45, 2.75) is 89.4 Å². The Hall–Kier alpha value is -2.10. The maximum Gasteiger partial charge on any atom is 0.194 e. The van der Waals surface area contributed by atoms with E-state index in [1.165, 1.54) is 12.8 Å². The summed E-state index contributed by atoms with van der Waals surface area (Å²) in [7, 11) is 0. The molecule has 35 heavy (non-hydrogen) atoms. The number of hydrogen-bond acceptors (Lipinski definition) is 0. The number of halogens is 4. The summed E-state index contributed by atoms with van der Waals surface area (Å²) in [5.74, 6) is -1.12. The largest absolute Gasteiger partial charge is 0.206 e. The van der Waals surface area contributed by atoms with E-state index in [2.05, 4.69) is 19.1 Å². The zero-order chi connectivity index (χ0) is 24.5. The first kappa shape index (κ1) is 24.6. The van der Waals surface area contributed by atoms with Crippen LogP contribution in [0.1, 0.15) is 106 Å². The molecular weight excluding hydrogens is 448 g/mol. The topological polar surface area (TPSA) is 0 Å². The average molecular weight is 485 g/mol. The zero-order valence-electron chi connectivity index (χ0n) is 20.6. The van der Waals surface area contributed by atoms with Crippen molar-refractivity contribution in [1.29, 1.82) is 0 Å². The van der Waals surface area contributed by atoms with Crippen molar-refractivity contribution in [1.82, 2.24) is 0 Å². The molecule has 0 nitrogen and oxygen atoms in total. The lowest BCUT2D eigenvalue weighted by Crippen LogP contribution is -2.22. The molecule has 0 spiro atoms. The summed E-state index contributed by atoms with van der Waals surface area (Å²) in [6.45, 7) is 2.31. The number of benzene rings is 2. The number of rotatable bonds is 4. The van der Waals surface area contributed by atoms with E-state index in [4.69, 9.17) is 0 Å². The van der Waals surface area contributed by atoms with Crippen LogP contribution in [0.2, 0.25) is 0 Å². The summed E-state index contributed by atoms with van der Waals surface area (Å²) in [4.78, 5) is 0. The van der Waals surface area contributed by atoms with Crippen LogP contribution in [-0.4, -0.2) is 0 Å². The smallest absolute Gasteiger partial charge is 0.194 e. The first-order chi connectivity index (χ1) is 16.9. The molecule has 3 aliphatic rings. The van der Waals surface area contributed by atoms with E-state index >= 15 is 4.39 Å². The van der Waals surface area contributed by atoms with Gasteiger partial charge >= 0.3 is 0 Å². The van der Waals surface area contributed by atoms with Gasteiger partial charge in [-0.1, -0.05) is 38.0 Å². The second kappa shape index (κ2) is 10.5. The molecule has 0 amide bonds. The van der Waals surface area contributed by atoms with Crippen LogP contribution < -0.4 is 0 Å². The molecule has 1 unspecified atom stereocenters. The van der Waals surface area contributed by atoms with Gasteiger partial charge in [0.2, 0.25) is 0 Å². The van der Waals surface area contributed by atoms with Crippen LogP contribution in [0.3, 0.4) is 0 Å². The lowest BCUT2D eigenvalue weighted by atomic mass is 9.70. The maximum atomic E-state index is 15.1. The third-order valence-electron chi connectivity index (χ3n) is 9.19. The molecular formula is C31H36F4. The van der Waals surface area contributed by atoms with Gasteiger partial charge in [-0.2, -0.15) is 0 Å². The van der Waals surface area contributed by atoms with Crippen molar-refractivity contribution < 1.29 is 17.6 Å². The second-order valence-corrected chi connectivity index (χ2v) is 11.4. The molecule has 5 rings (SSSR count). The normalized spacial score (nSPS) is 29.6. The summed E-state index contributed by atoms with van der Waals surface area (Å²) in [5.41, 5.74) is 3.63. The predicted octanol–water partition coefficient (Wildman–Crippen LogP) is 9.69. The fourth-order valence-corrected chi connectivity index (χ4v) is 6.90. The Kier molecular flexibility index (Phi) is 7.37. The quantitative estimate of drug-likeness (QED) is 0.299. The minimum absolute atomic E-state index is 0.0786. The predicted molar refractivity (Wildman–Crippen MR) is 133 cm³/mol. The van der Waals surface area contributed by atoms with Crippen LogP contribution in [0, 0.1) is 41.0 Å². The highest BCUT2D eigenvalue weighted by Crippen LogP contribution is 2.44. The molecule has 2 aromatic rings. The Morgan fingerprint density at radius 2 is 1.23 bits per heavy atom. The van der Waals surface area contributed by atoms with Crippen molar-refractivity contribution in [3.8, 4) is 0 Å². The van der Waals surface area contributed by atoms with Crippen LogP contribution in [0.4, 0.5) is 17.6 Å². The molecule has 3 aliphatic carbocycles. The molecule has 0 bridgehead atoms. The van der Waals surface area contributed by atoms with Crippen molar-refractivity contribution in [2.75, 3.05) is 0 Å². The van der Waals surface area contributed by atoms with Crippen LogP contribution in [0.15, 0.2) is 36.4 Å². The molecule has 2 aromatic carbocycles. The van der Waals surface area contributed by atoms with Crippen LogP contribution in [-0.2, 0) is 0 Å². The number of allylic oxidation sites excluding steroid dienone is 2. The van der Waals surface area contributed by atoms with Gasteiger partial charge in [0.15, 0.2) is 17.5 Å². The summed E-state index contributed by atoms with van der Waals surface area (Å²) < 4.78 is 55.7. The van der Waals surface area contributed by atoms with Crippen LogP contribution >= 0.6 is 0 Å². The lowest BCUT2D eigenvalue weighted by Gasteiger charge is -2.36. The van der Waals surface area contributed by atoms with Crippen molar-refractivity contribution in [3.05, 3.63) is 76.4 Å². The molecule has 0 aromatic heterocycles. The molecule has 0 N–H and O–H groups in total. The maximum absolute atomic E-state index is 15.1. The van der Waals surface area contributed by atoms with Gasteiger partial charge in [-0.3, -0.25) is 0 Å². The number of hydrogen-bond donors (Lipinski definition) is 0. The molecule has 188 valence electrons. The molecule has 2 saturated carbocycles. The minimum Gasteiger partial charge on any atom is -0.206 e. The molecule has 0 aliphatic heterocycles. The Balaban J connectivity index is 1.18. The fourth-order valence-electron chi connectivity index (χ4n) is 6.90. The molecule has 0 heterocycles. The first-order valence-electron chi connectivity index (χ1n) is 13.5. The minimum atomic E-state index is -1.39. The highest BCUT2D eigenvalue weighted by Gasteiger charge is 2.30. The fraction of sp³-hybridized carbons (Fsp3) is 0.548. The van der Waals surface area contributed by atoms with E-state index in [0.717, 1.165) is 92.5 Å². The average Bonchev–Trinajstić information content (AvgIpc) is 2.88. The van der Waals surface area contributed by atoms with E-state index in [1.807, 2.05) is 6.07 Å². The molecule has 0 saturated heterocycles. The lowest BCUT2D eigenvalue weighted by molar-refractivity contribution is 0.220. The van der Waals surface area contributed by atoms with Gasteiger partial charge in [-0.05, 0) is 122 Å². The zero-order valence-corrected chi connectivity index (χ0v) is 20.6. The van der Waals surface area contributed by atoms with Gasteiger partial charge in [0.05, 0.1) is 0 Å². The second-order valence-electron chi connectivity index (χ2n) is 11.4. The van der Waals surface area contributed by atoms with Gasteiger partial charge < -0.3 is 0 Å². The summed E-state index contributed by atoms with van der Waals surface area (Å²) in [5, 5.41) is 0. The molecule has 0 radical (unpaired) electrons. The highest BCUT2D eigenvalue weighted by atomic mass is 19.2. The third kappa shape index (κ3) is 5.37. The van der Waals surface area contributed by atoms with Gasteiger partial charge in [0.1, 0.15) is 5.82 Å². The molecule has 1 atom stereocenters. The standard InChI is InChI=1S/C31H36F4/c1-19-2-4-22(5-3-19)25-14-15-27(28(32)16-25)24-12-10-21(11-13-24)20-6-8-23(9-7-20)26-17-29(33)31(35)30(34)18-26/h12,14-23H,2-11,13H2,1H3. The third-order valence-corrected chi connectivity index (χ3v) is 9.19. The van der Waals surface area contributed by atoms with Crippen LogP contribution in [0.5, 0.6) is 0 Å². The summed E-state index contributed by atoms with van der Waals surface area (Å²) in [6, 6.07) is 8.25. The molecule has 4 heteroatoms. The van der Waals surface area contributed by atoms with Gasteiger partial charge in [0.25, 0.3) is 0 Å². The Bertz CT molecular complexity index is 1050.